The van der Waals surface area contributed by atoms with Crippen LogP contribution in [0.2, 0.25) is 5.02 Å². The van der Waals surface area contributed by atoms with E-state index >= 15 is 0 Å². The summed E-state index contributed by atoms with van der Waals surface area (Å²) in [5, 5.41) is 6.58. The van der Waals surface area contributed by atoms with Crippen LogP contribution in [-0.2, 0) is 4.79 Å². The van der Waals surface area contributed by atoms with Gasteiger partial charge < -0.3 is 10.6 Å². The van der Waals surface area contributed by atoms with Gasteiger partial charge in [-0.1, -0.05) is 60.1 Å². The quantitative estimate of drug-likeness (QED) is 0.479. The molecule has 3 rings (SSSR count). The van der Waals surface area contributed by atoms with Gasteiger partial charge in [0, 0.05) is 22.3 Å². The van der Waals surface area contributed by atoms with Gasteiger partial charge in [-0.25, -0.2) is 0 Å². The van der Waals surface area contributed by atoms with E-state index in [1.54, 1.807) is 12.1 Å². The fourth-order valence-electron chi connectivity index (χ4n) is 3.48. The highest BCUT2D eigenvalue weighted by molar-refractivity contribution is 6.31. The van der Waals surface area contributed by atoms with Gasteiger partial charge in [-0.15, -0.1) is 0 Å². The Morgan fingerprint density at radius 3 is 2.34 bits per heavy atom. The van der Waals surface area contributed by atoms with E-state index in [4.69, 9.17) is 11.6 Å². The van der Waals surface area contributed by atoms with Gasteiger partial charge in [-0.2, -0.15) is 0 Å². The molecule has 6 heteroatoms. The van der Waals surface area contributed by atoms with Gasteiger partial charge >= 0.3 is 0 Å². The van der Waals surface area contributed by atoms with Gasteiger partial charge in [0.2, 0.25) is 5.91 Å². The highest BCUT2D eigenvalue weighted by Crippen LogP contribution is 2.24. The van der Waals surface area contributed by atoms with Crippen LogP contribution >= 0.6 is 11.6 Å². The van der Waals surface area contributed by atoms with Crippen molar-refractivity contribution in [1.82, 2.24) is 10.2 Å². The Balaban J connectivity index is 1.60. The van der Waals surface area contributed by atoms with E-state index in [0.29, 0.717) is 16.3 Å². The minimum absolute atomic E-state index is 0.0232. The van der Waals surface area contributed by atoms with Crippen molar-refractivity contribution in [2.24, 2.45) is 0 Å². The Bertz CT molecular complexity index is 1070. The van der Waals surface area contributed by atoms with E-state index in [9.17, 15) is 9.59 Å². The number of anilines is 1. The fourth-order valence-corrected chi connectivity index (χ4v) is 3.78. The van der Waals surface area contributed by atoms with E-state index in [1.807, 2.05) is 92.5 Å². The maximum atomic E-state index is 12.6. The molecule has 0 unspecified atom stereocenters. The van der Waals surface area contributed by atoms with E-state index in [0.717, 1.165) is 11.1 Å². The molecule has 0 bridgehead atoms. The third-order valence-electron chi connectivity index (χ3n) is 5.47. The summed E-state index contributed by atoms with van der Waals surface area (Å²) in [6.45, 7) is 4.18. The Morgan fingerprint density at radius 2 is 1.62 bits per heavy atom. The number of hydrogen-bond acceptors (Lipinski definition) is 3. The number of nitrogens with one attached hydrogen (secondary N) is 2. The predicted octanol–water partition coefficient (Wildman–Crippen LogP) is 5.46. The molecule has 32 heavy (non-hydrogen) atoms. The van der Waals surface area contributed by atoms with Crippen LogP contribution in [0.5, 0.6) is 0 Å². The van der Waals surface area contributed by atoms with E-state index < -0.39 is 0 Å². The average molecular weight is 450 g/mol. The van der Waals surface area contributed by atoms with Crippen LogP contribution in [0.25, 0.3) is 0 Å². The molecule has 2 atom stereocenters. The van der Waals surface area contributed by atoms with Gasteiger partial charge in [-0.3, -0.25) is 14.5 Å². The van der Waals surface area contributed by atoms with Crippen LogP contribution < -0.4 is 10.6 Å². The van der Waals surface area contributed by atoms with Crippen LogP contribution in [-0.4, -0.2) is 30.3 Å². The highest BCUT2D eigenvalue weighted by Gasteiger charge is 2.18. The lowest BCUT2D eigenvalue weighted by atomic mass is 10.1. The molecule has 0 aliphatic rings. The van der Waals surface area contributed by atoms with Crippen molar-refractivity contribution >= 4 is 29.1 Å². The van der Waals surface area contributed by atoms with Crippen LogP contribution in [0.1, 0.15) is 47.4 Å². The molecule has 3 aromatic carbocycles. The molecule has 0 aliphatic heterocycles. The Hall–Kier alpha value is -3.15. The number of carbonyl (C=O) groups excluding carboxylic acids is 2. The molecule has 0 heterocycles. The molecular weight excluding hydrogens is 422 g/mol. The molecule has 0 radical (unpaired) electrons. The first-order valence-electron chi connectivity index (χ1n) is 10.6. The lowest BCUT2D eigenvalue weighted by molar-refractivity contribution is -0.123. The van der Waals surface area contributed by atoms with Crippen molar-refractivity contribution in [2.75, 3.05) is 18.9 Å². The van der Waals surface area contributed by atoms with Crippen molar-refractivity contribution in [3.05, 3.63) is 101 Å². The summed E-state index contributed by atoms with van der Waals surface area (Å²) in [6.07, 6.45) is 0. The molecule has 0 aliphatic carbocycles. The highest BCUT2D eigenvalue weighted by atomic mass is 35.5. The van der Waals surface area contributed by atoms with Crippen LogP contribution in [0, 0.1) is 0 Å². The number of rotatable bonds is 8. The zero-order valence-electron chi connectivity index (χ0n) is 18.5. The average Bonchev–Trinajstić information content (AvgIpc) is 2.79. The van der Waals surface area contributed by atoms with E-state index in [1.165, 1.54) is 0 Å². The molecule has 0 fully saturated rings. The fraction of sp³-hybridized carbons (Fsp3) is 0.231. The molecule has 3 aromatic rings. The number of likely N-dealkylation sites (N-methyl/N-ethyl adjacent to an activating group) is 1. The summed E-state index contributed by atoms with van der Waals surface area (Å²) in [5.41, 5.74) is 3.21. The minimum atomic E-state index is -0.184. The van der Waals surface area contributed by atoms with Gasteiger partial charge in [0.25, 0.3) is 5.91 Å². The summed E-state index contributed by atoms with van der Waals surface area (Å²) in [7, 11) is 1.90. The molecule has 5 nitrogen and oxygen atoms in total. The van der Waals surface area contributed by atoms with Crippen molar-refractivity contribution < 1.29 is 9.59 Å². The number of carbonyl (C=O) groups is 2. The van der Waals surface area contributed by atoms with Crippen LogP contribution in [0.4, 0.5) is 5.69 Å². The van der Waals surface area contributed by atoms with Gasteiger partial charge in [0.05, 0.1) is 12.6 Å². The second-order valence-electron chi connectivity index (χ2n) is 7.85. The molecule has 2 amide bonds. The van der Waals surface area contributed by atoms with Crippen molar-refractivity contribution in [2.45, 2.75) is 25.9 Å². The predicted molar refractivity (Wildman–Crippen MR) is 130 cm³/mol. The van der Waals surface area contributed by atoms with Gasteiger partial charge in [0.1, 0.15) is 0 Å². The third kappa shape index (κ3) is 6.19. The molecule has 0 saturated heterocycles. The second-order valence-corrected chi connectivity index (χ2v) is 8.25. The number of hydrogen-bond donors (Lipinski definition) is 2. The standard InChI is InChI=1S/C26H28ClN3O2/c1-18(23-14-7-8-15-24(23)27)28-25(31)17-30(3)19(2)21-12-9-13-22(16-21)29-26(32)20-10-5-4-6-11-20/h4-16,18-19H,17H2,1-3H3,(H,28,31)(H,29,32)/t18-,19-/m1/s1. The van der Waals surface area contributed by atoms with E-state index in [-0.39, 0.29) is 30.4 Å². The summed E-state index contributed by atoms with van der Waals surface area (Å²) < 4.78 is 0. The smallest absolute Gasteiger partial charge is 0.255 e. The monoisotopic (exact) mass is 449 g/mol. The Labute approximate surface area is 194 Å². The first-order chi connectivity index (χ1) is 15.3. The molecule has 0 saturated carbocycles. The minimum Gasteiger partial charge on any atom is -0.348 e. The zero-order valence-corrected chi connectivity index (χ0v) is 19.3. The first kappa shape index (κ1) is 23.5. The Morgan fingerprint density at radius 1 is 0.938 bits per heavy atom. The van der Waals surface area contributed by atoms with Gasteiger partial charge in [-0.05, 0) is 62.4 Å². The molecule has 0 spiro atoms. The molecule has 0 aromatic heterocycles. The van der Waals surface area contributed by atoms with E-state index in [2.05, 4.69) is 10.6 Å². The largest absolute Gasteiger partial charge is 0.348 e. The molecule has 166 valence electrons. The number of nitrogens with zero attached hydrogens (tertiary/aromatic N) is 1. The lowest BCUT2D eigenvalue weighted by Crippen LogP contribution is -2.37. The van der Waals surface area contributed by atoms with Crippen molar-refractivity contribution in [1.29, 1.82) is 0 Å². The second kappa shape index (κ2) is 10.9. The van der Waals surface area contributed by atoms with Crippen molar-refractivity contribution in [3.8, 4) is 0 Å². The lowest BCUT2D eigenvalue weighted by Gasteiger charge is -2.26. The Kier molecular flexibility index (Phi) is 8.03. The number of benzene rings is 3. The van der Waals surface area contributed by atoms with Crippen LogP contribution in [0.3, 0.4) is 0 Å². The maximum absolute atomic E-state index is 12.6. The first-order valence-corrected chi connectivity index (χ1v) is 10.9. The normalized spacial score (nSPS) is 12.8. The summed E-state index contributed by atoms with van der Waals surface area (Å²) in [6, 6.07) is 24.1. The summed E-state index contributed by atoms with van der Waals surface area (Å²) in [5.74, 6) is -0.239. The summed E-state index contributed by atoms with van der Waals surface area (Å²) in [4.78, 5) is 27.0. The SMILES string of the molecule is C[C@H](c1cccc(NC(=O)c2ccccc2)c1)N(C)CC(=O)N[C@H](C)c1ccccc1Cl. The zero-order chi connectivity index (χ0) is 23.1. The number of amides is 2. The topological polar surface area (TPSA) is 61.4 Å². The van der Waals surface area contributed by atoms with Crippen molar-refractivity contribution in [3.63, 3.8) is 0 Å². The summed E-state index contributed by atoms with van der Waals surface area (Å²) >= 11 is 6.24. The molecular formula is C26H28ClN3O2. The maximum Gasteiger partial charge on any atom is 0.255 e. The van der Waals surface area contributed by atoms with Crippen LogP contribution in [0.15, 0.2) is 78.9 Å². The molecule has 2 N–H and O–H groups in total. The third-order valence-corrected chi connectivity index (χ3v) is 5.81. The number of halogens is 1. The van der Waals surface area contributed by atoms with Gasteiger partial charge in [0.15, 0.2) is 0 Å².